The van der Waals surface area contributed by atoms with Crippen LogP contribution in [0.2, 0.25) is 0 Å². The molecule has 11 nitrogen and oxygen atoms in total. The Labute approximate surface area is 397 Å². The Hall–Kier alpha value is -5.33. The standard InChI is InChI=1S/C55H73FO11/c1-10-12-13-16-39-19-21-41(22-20-39)43-24-26-48(49(56)32-43)47-25-23-42(29-40(47)11-2)46-30-44(17-14-27-64-51(57)37(3)4)50(45(31-46)18-15-28-65-52(58)38(5)6)66-35-55(33-61-7,34-62-8)36-67-54(60)53(59)63-9/h23-26,29-32,39,41H,3,5,10-22,27-28,33-36H2,1-2,4,6-9H3. The summed E-state index contributed by atoms with van der Waals surface area (Å²) in [6.45, 7) is 14.9. The van der Waals surface area contributed by atoms with E-state index in [0.29, 0.717) is 60.5 Å². The molecule has 0 aliphatic heterocycles. The summed E-state index contributed by atoms with van der Waals surface area (Å²) < 4.78 is 54.9. The van der Waals surface area contributed by atoms with Gasteiger partial charge in [-0.1, -0.05) is 83.0 Å². The molecular weight excluding hydrogens is 856 g/mol. The summed E-state index contributed by atoms with van der Waals surface area (Å²) in [5.41, 5.74) is 6.41. The van der Waals surface area contributed by atoms with Crippen LogP contribution in [0.1, 0.15) is 120 Å². The van der Waals surface area contributed by atoms with Crippen LogP contribution in [0.5, 0.6) is 5.75 Å². The molecule has 1 aliphatic carbocycles. The molecule has 1 fully saturated rings. The molecule has 0 amide bonds. The van der Waals surface area contributed by atoms with Crippen molar-refractivity contribution >= 4 is 23.9 Å². The van der Waals surface area contributed by atoms with Crippen molar-refractivity contribution in [2.45, 2.75) is 117 Å². The second-order valence-electron chi connectivity index (χ2n) is 18.1. The van der Waals surface area contributed by atoms with Crippen LogP contribution in [0.4, 0.5) is 4.39 Å². The quantitative estimate of drug-likeness (QED) is 0.0238. The fraction of sp³-hybridized carbons (Fsp3) is 0.527. The second-order valence-corrected chi connectivity index (χ2v) is 18.1. The number of hydrogen-bond acceptors (Lipinski definition) is 11. The monoisotopic (exact) mass is 929 g/mol. The van der Waals surface area contributed by atoms with Gasteiger partial charge in [-0.3, -0.25) is 0 Å². The van der Waals surface area contributed by atoms with E-state index in [9.17, 15) is 19.2 Å². The van der Waals surface area contributed by atoms with Crippen LogP contribution in [0, 0.1) is 17.2 Å². The molecule has 0 saturated heterocycles. The molecule has 0 radical (unpaired) electrons. The lowest BCUT2D eigenvalue weighted by Gasteiger charge is -2.32. The first-order valence-corrected chi connectivity index (χ1v) is 23.8. The summed E-state index contributed by atoms with van der Waals surface area (Å²) in [7, 11) is 4.08. The number of methoxy groups -OCH3 is 3. The van der Waals surface area contributed by atoms with Gasteiger partial charge in [-0.25, -0.2) is 23.6 Å². The highest BCUT2D eigenvalue weighted by Crippen LogP contribution is 2.41. The number of rotatable bonds is 27. The van der Waals surface area contributed by atoms with E-state index in [-0.39, 0.29) is 45.5 Å². The number of ether oxygens (including phenoxy) is 7. The van der Waals surface area contributed by atoms with Crippen molar-refractivity contribution in [1.82, 2.24) is 0 Å². The van der Waals surface area contributed by atoms with Crippen molar-refractivity contribution in [2.24, 2.45) is 11.3 Å². The first-order chi connectivity index (χ1) is 32.2. The molecule has 0 spiro atoms. The van der Waals surface area contributed by atoms with Crippen molar-refractivity contribution in [3.8, 4) is 28.0 Å². The maximum Gasteiger partial charge on any atom is 0.417 e. The van der Waals surface area contributed by atoms with Gasteiger partial charge in [0.25, 0.3) is 0 Å². The van der Waals surface area contributed by atoms with E-state index in [2.05, 4.69) is 43.9 Å². The molecule has 0 atom stereocenters. The highest BCUT2D eigenvalue weighted by atomic mass is 19.1. The lowest BCUT2D eigenvalue weighted by molar-refractivity contribution is -0.170. The number of carbonyl (C=O) groups excluding carboxylic acids is 4. The second kappa shape index (κ2) is 27.5. The molecule has 1 saturated carbocycles. The summed E-state index contributed by atoms with van der Waals surface area (Å²) in [4.78, 5) is 49.0. The molecule has 0 unspecified atom stereocenters. The highest BCUT2D eigenvalue weighted by molar-refractivity contribution is 6.29. The van der Waals surface area contributed by atoms with Gasteiger partial charge in [-0.05, 0) is 141 Å². The van der Waals surface area contributed by atoms with Gasteiger partial charge in [-0.15, -0.1) is 0 Å². The van der Waals surface area contributed by atoms with Crippen LogP contribution in [0.25, 0.3) is 22.3 Å². The van der Waals surface area contributed by atoms with Crippen LogP contribution >= 0.6 is 0 Å². The first-order valence-electron chi connectivity index (χ1n) is 23.8. The minimum absolute atomic E-state index is 0.0431. The molecule has 0 heterocycles. The van der Waals surface area contributed by atoms with Crippen molar-refractivity contribution < 1.29 is 56.7 Å². The summed E-state index contributed by atoms with van der Waals surface area (Å²) >= 11 is 0. The summed E-state index contributed by atoms with van der Waals surface area (Å²) in [6.07, 6.45) is 12.2. The van der Waals surface area contributed by atoms with Gasteiger partial charge >= 0.3 is 23.9 Å². The van der Waals surface area contributed by atoms with E-state index in [4.69, 9.17) is 28.4 Å². The van der Waals surface area contributed by atoms with E-state index in [1.807, 2.05) is 30.3 Å². The van der Waals surface area contributed by atoms with Gasteiger partial charge in [0.1, 0.15) is 24.8 Å². The Morgan fingerprint density at radius 1 is 0.642 bits per heavy atom. The number of benzene rings is 3. The Bertz CT molecular complexity index is 2090. The van der Waals surface area contributed by atoms with Gasteiger partial charge in [0.2, 0.25) is 0 Å². The van der Waals surface area contributed by atoms with Crippen LogP contribution < -0.4 is 4.74 Å². The van der Waals surface area contributed by atoms with Crippen molar-refractivity contribution in [1.29, 1.82) is 0 Å². The Kier molecular flexibility index (Phi) is 22.3. The van der Waals surface area contributed by atoms with E-state index in [1.165, 1.54) is 52.7 Å². The van der Waals surface area contributed by atoms with E-state index < -0.39 is 29.3 Å². The predicted molar refractivity (Wildman–Crippen MR) is 258 cm³/mol. The zero-order valence-corrected chi connectivity index (χ0v) is 41.0. The van der Waals surface area contributed by atoms with Crippen molar-refractivity contribution in [2.75, 3.05) is 61.0 Å². The zero-order chi connectivity index (χ0) is 48.9. The third-order valence-electron chi connectivity index (χ3n) is 12.5. The number of esters is 4. The third kappa shape index (κ3) is 16.2. The SMILES string of the molecule is C=C(C)C(=O)OCCCc1cc(-c2ccc(-c3ccc(C4CCC(CCCCC)CC4)cc3F)c(CC)c2)cc(CCCOC(=O)C(=C)C)c1OCC(COC)(COC)COC(=O)C(=O)OC. The number of aryl methyl sites for hydroxylation is 3. The van der Waals surface area contributed by atoms with Crippen molar-refractivity contribution in [3.05, 3.63) is 101 Å². The average Bonchev–Trinajstić information content (AvgIpc) is 3.32. The summed E-state index contributed by atoms with van der Waals surface area (Å²) in [5.74, 6) is -1.80. The highest BCUT2D eigenvalue weighted by Gasteiger charge is 2.36. The van der Waals surface area contributed by atoms with Gasteiger partial charge in [0.15, 0.2) is 0 Å². The van der Waals surface area contributed by atoms with Gasteiger partial charge in [0.05, 0.1) is 39.0 Å². The third-order valence-corrected chi connectivity index (χ3v) is 12.5. The van der Waals surface area contributed by atoms with Crippen LogP contribution in [0.3, 0.4) is 0 Å². The normalized spacial score (nSPS) is 14.8. The number of hydrogen-bond donors (Lipinski definition) is 0. The number of halogens is 1. The van der Waals surface area contributed by atoms with Gasteiger partial charge < -0.3 is 33.2 Å². The Morgan fingerprint density at radius 2 is 1.22 bits per heavy atom. The minimum Gasteiger partial charge on any atom is -0.492 e. The lowest BCUT2D eigenvalue weighted by Crippen LogP contribution is -2.43. The van der Waals surface area contributed by atoms with Gasteiger partial charge in [-0.2, -0.15) is 0 Å². The summed E-state index contributed by atoms with van der Waals surface area (Å²) in [5, 5.41) is 0. The first kappa shape index (κ1) is 54.3. The zero-order valence-electron chi connectivity index (χ0n) is 41.0. The fourth-order valence-electron chi connectivity index (χ4n) is 8.83. The van der Waals surface area contributed by atoms with E-state index in [0.717, 1.165) is 64.8 Å². The summed E-state index contributed by atoms with van der Waals surface area (Å²) in [6, 6.07) is 16.0. The fourth-order valence-corrected chi connectivity index (χ4v) is 8.83. The molecule has 3 aromatic rings. The predicted octanol–water partition coefficient (Wildman–Crippen LogP) is 11.1. The van der Waals surface area contributed by atoms with E-state index in [1.54, 1.807) is 19.9 Å². The topological polar surface area (TPSA) is 133 Å². The maximum absolute atomic E-state index is 16.2. The lowest BCUT2D eigenvalue weighted by atomic mass is 9.77. The molecule has 1 aliphatic rings. The Morgan fingerprint density at radius 3 is 1.75 bits per heavy atom. The van der Waals surface area contributed by atoms with Crippen molar-refractivity contribution in [3.63, 3.8) is 0 Å². The van der Waals surface area contributed by atoms with Crippen LogP contribution in [-0.4, -0.2) is 84.8 Å². The molecule has 0 aromatic heterocycles. The maximum atomic E-state index is 16.2. The molecule has 4 rings (SSSR count). The number of carbonyl (C=O) groups is 4. The number of unbranched alkanes of at least 4 members (excludes halogenated alkanes) is 2. The molecular formula is C55H73FO11. The molecule has 0 bridgehead atoms. The molecule has 366 valence electrons. The largest absolute Gasteiger partial charge is 0.492 e. The van der Waals surface area contributed by atoms with Gasteiger partial charge in [0, 0.05) is 30.9 Å². The van der Waals surface area contributed by atoms with E-state index >= 15 is 4.39 Å². The smallest absolute Gasteiger partial charge is 0.417 e. The molecule has 12 heteroatoms. The van der Waals surface area contributed by atoms with Crippen LogP contribution in [-0.2, 0) is 66.9 Å². The average molecular weight is 929 g/mol. The molecule has 3 aromatic carbocycles. The molecule has 67 heavy (non-hydrogen) atoms. The minimum atomic E-state index is -1.17. The Balaban J connectivity index is 1.74. The van der Waals surface area contributed by atoms with Crippen LogP contribution in [0.15, 0.2) is 72.8 Å². The molecule has 0 N–H and O–H groups in total.